The van der Waals surface area contributed by atoms with Gasteiger partial charge in [0.25, 0.3) is 0 Å². The SMILES string of the molecule is S=NCc1cccc(Oc2ccccc2)c1. The lowest BCUT2D eigenvalue weighted by Gasteiger charge is -2.06. The molecule has 0 N–H and O–H groups in total. The van der Waals surface area contributed by atoms with Crippen molar-refractivity contribution in [2.45, 2.75) is 6.54 Å². The summed E-state index contributed by atoms with van der Waals surface area (Å²) in [6.45, 7) is 0.543. The summed E-state index contributed by atoms with van der Waals surface area (Å²) in [5.41, 5.74) is 1.06. The highest BCUT2D eigenvalue weighted by Crippen LogP contribution is 2.21. The highest BCUT2D eigenvalue weighted by molar-refractivity contribution is 7.47. The number of nitrogens with zero attached hydrogens (tertiary/aromatic N) is 1. The molecular formula is C13H11NOS. The minimum absolute atomic E-state index is 0.543. The predicted octanol–water partition coefficient (Wildman–Crippen LogP) is 3.71. The van der Waals surface area contributed by atoms with Crippen LogP contribution >= 0.6 is 0 Å². The van der Waals surface area contributed by atoms with Gasteiger partial charge in [0.15, 0.2) is 0 Å². The lowest BCUT2D eigenvalue weighted by atomic mass is 10.2. The molecule has 2 nitrogen and oxygen atoms in total. The Balaban J connectivity index is 2.15. The molecule has 0 aromatic heterocycles. The monoisotopic (exact) mass is 229 g/mol. The number of rotatable bonds is 4. The average molecular weight is 229 g/mol. The number of ether oxygens (including phenoxy) is 1. The van der Waals surface area contributed by atoms with Gasteiger partial charge in [-0.25, -0.2) is 4.36 Å². The molecule has 0 unspecified atom stereocenters. The number of hydrogen-bond donors (Lipinski definition) is 0. The highest BCUT2D eigenvalue weighted by Gasteiger charge is 1.97. The third-order valence-electron chi connectivity index (χ3n) is 2.12. The molecule has 16 heavy (non-hydrogen) atoms. The van der Waals surface area contributed by atoms with Gasteiger partial charge in [-0.2, -0.15) is 0 Å². The first-order valence-corrected chi connectivity index (χ1v) is 5.36. The van der Waals surface area contributed by atoms with Crippen LogP contribution in [0.1, 0.15) is 5.56 Å². The van der Waals surface area contributed by atoms with E-state index in [0.717, 1.165) is 17.1 Å². The van der Waals surface area contributed by atoms with Crippen molar-refractivity contribution in [2.24, 2.45) is 4.36 Å². The second-order valence-corrected chi connectivity index (χ2v) is 3.61. The van der Waals surface area contributed by atoms with Crippen molar-refractivity contribution in [1.82, 2.24) is 0 Å². The van der Waals surface area contributed by atoms with Crippen LogP contribution in [0.15, 0.2) is 59.0 Å². The first-order chi connectivity index (χ1) is 7.88. The molecular weight excluding hydrogens is 218 g/mol. The first-order valence-electron chi connectivity index (χ1n) is 4.99. The van der Waals surface area contributed by atoms with Gasteiger partial charge in [-0.3, -0.25) is 0 Å². The largest absolute Gasteiger partial charge is 0.457 e. The Morgan fingerprint density at radius 3 is 2.44 bits per heavy atom. The summed E-state index contributed by atoms with van der Waals surface area (Å²) in [6, 6.07) is 17.5. The van der Waals surface area contributed by atoms with E-state index in [9.17, 15) is 0 Å². The van der Waals surface area contributed by atoms with E-state index < -0.39 is 0 Å². The van der Waals surface area contributed by atoms with Gasteiger partial charge in [0.2, 0.25) is 0 Å². The Labute approximate surface area is 100 Å². The van der Waals surface area contributed by atoms with E-state index in [1.54, 1.807) is 0 Å². The van der Waals surface area contributed by atoms with Crippen LogP contribution in [0.25, 0.3) is 0 Å². The molecule has 0 spiro atoms. The Kier molecular flexibility index (Phi) is 3.62. The topological polar surface area (TPSA) is 21.6 Å². The van der Waals surface area contributed by atoms with E-state index in [4.69, 9.17) is 4.74 Å². The Bertz CT molecular complexity index is 470. The van der Waals surface area contributed by atoms with E-state index in [1.165, 1.54) is 0 Å². The Hall–Kier alpha value is -1.74. The zero-order chi connectivity index (χ0) is 11.2. The molecule has 2 aromatic rings. The minimum atomic E-state index is 0.543. The average Bonchev–Trinajstić information content (AvgIpc) is 2.31. The molecule has 0 heterocycles. The summed E-state index contributed by atoms with van der Waals surface area (Å²) >= 11 is 4.59. The zero-order valence-electron chi connectivity index (χ0n) is 8.67. The summed E-state index contributed by atoms with van der Waals surface area (Å²) in [7, 11) is 0. The van der Waals surface area contributed by atoms with Crippen LogP contribution in [0, 0.1) is 0 Å². The molecule has 0 aliphatic carbocycles. The normalized spacial score (nSPS) is 9.75. The van der Waals surface area contributed by atoms with Crippen molar-refractivity contribution in [2.75, 3.05) is 0 Å². The van der Waals surface area contributed by atoms with Crippen molar-refractivity contribution in [3.05, 3.63) is 60.2 Å². The van der Waals surface area contributed by atoms with Crippen molar-refractivity contribution < 1.29 is 4.74 Å². The third-order valence-corrected chi connectivity index (χ3v) is 2.25. The molecule has 0 amide bonds. The molecule has 0 radical (unpaired) electrons. The zero-order valence-corrected chi connectivity index (χ0v) is 9.48. The van der Waals surface area contributed by atoms with Gasteiger partial charge in [-0.05, 0) is 29.8 Å². The van der Waals surface area contributed by atoms with Crippen molar-refractivity contribution >= 4 is 12.4 Å². The van der Waals surface area contributed by atoms with E-state index in [0.29, 0.717) is 6.54 Å². The summed E-state index contributed by atoms with van der Waals surface area (Å²) in [6.07, 6.45) is 0. The van der Waals surface area contributed by atoms with Crippen LogP contribution in [-0.2, 0) is 19.0 Å². The Morgan fingerprint density at radius 1 is 0.938 bits per heavy atom. The molecule has 0 atom stereocenters. The van der Waals surface area contributed by atoms with Gasteiger partial charge in [0.05, 0.1) is 6.54 Å². The van der Waals surface area contributed by atoms with E-state index in [1.807, 2.05) is 54.6 Å². The smallest absolute Gasteiger partial charge is 0.127 e. The predicted molar refractivity (Wildman–Crippen MR) is 66.5 cm³/mol. The van der Waals surface area contributed by atoms with Gasteiger partial charge in [0.1, 0.15) is 11.5 Å². The second-order valence-electron chi connectivity index (χ2n) is 3.35. The van der Waals surface area contributed by atoms with Crippen molar-refractivity contribution in [1.29, 1.82) is 0 Å². The van der Waals surface area contributed by atoms with Crippen LogP contribution in [0.4, 0.5) is 0 Å². The first kappa shape index (κ1) is 10.8. The summed E-state index contributed by atoms with van der Waals surface area (Å²) in [5, 5.41) is 0. The minimum Gasteiger partial charge on any atom is -0.457 e. The van der Waals surface area contributed by atoms with Crippen molar-refractivity contribution in [3.63, 3.8) is 0 Å². The van der Waals surface area contributed by atoms with Crippen LogP contribution < -0.4 is 4.74 Å². The van der Waals surface area contributed by atoms with Gasteiger partial charge >= 0.3 is 0 Å². The maximum Gasteiger partial charge on any atom is 0.127 e. The van der Waals surface area contributed by atoms with E-state index >= 15 is 0 Å². The van der Waals surface area contributed by atoms with Crippen LogP contribution in [-0.4, -0.2) is 0 Å². The molecule has 0 aliphatic rings. The van der Waals surface area contributed by atoms with Crippen LogP contribution in [0.2, 0.25) is 0 Å². The van der Waals surface area contributed by atoms with Gasteiger partial charge in [0, 0.05) is 12.4 Å². The van der Waals surface area contributed by atoms with Gasteiger partial charge in [-0.1, -0.05) is 30.3 Å². The Morgan fingerprint density at radius 2 is 1.69 bits per heavy atom. The van der Waals surface area contributed by atoms with Crippen molar-refractivity contribution in [3.8, 4) is 11.5 Å². The van der Waals surface area contributed by atoms with Crippen LogP contribution in [0.3, 0.4) is 0 Å². The maximum atomic E-state index is 5.69. The lowest BCUT2D eigenvalue weighted by Crippen LogP contribution is -1.86. The molecule has 80 valence electrons. The fraction of sp³-hybridized carbons (Fsp3) is 0.0769. The van der Waals surface area contributed by atoms with Crippen LogP contribution in [0.5, 0.6) is 11.5 Å². The molecule has 0 fully saturated rings. The molecule has 0 aliphatic heterocycles. The highest BCUT2D eigenvalue weighted by atomic mass is 32.1. The number of hydrogen-bond acceptors (Lipinski definition) is 3. The number of benzene rings is 2. The molecule has 0 saturated heterocycles. The maximum absolute atomic E-state index is 5.69. The molecule has 3 heteroatoms. The van der Waals surface area contributed by atoms with Gasteiger partial charge < -0.3 is 4.74 Å². The van der Waals surface area contributed by atoms with E-state index in [-0.39, 0.29) is 0 Å². The fourth-order valence-electron chi connectivity index (χ4n) is 1.41. The fourth-order valence-corrected chi connectivity index (χ4v) is 1.56. The summed E-state index contributed by atoms with van der Waals surface area (Å²) < 4.78 is 9.37. The third kappa shape index (κ3) is 2.87. The standard InChI is InChI=1S/C13H11NOS/c16-14-10-11-5-4-8-13(9-11)15-12-6-2-1-3-7-12/h1-9H,10H2. The second kappa shape index (κ2) is 5.37. The lowest BCUT2D eigenvalue weighted by molar-refractivity contribution is 0.482. The summed E-state index contributed by atoms with van der Waals surface area (Å²) in [5.74, 6) is 1.64. The quantitative estimate of drug-likeness (QED) is 0.797. The molecule has 0 saturated carbocycles. The number of para-hydroxylation sites is 1. The molecule has 2 aromatic carbocycles. The summed E-state index contributed by atoms with van der Waals surface area (Å²) in [4.78, 5) is 0. The van der Waals surface area contributed by atoms with Gasteiger partial charge in [-0.15, -0.1) is 0 Å². The molecule has 0 bridgehead atoms. The molecule has 2 rings (SSSR count). The van der Waals surface area contributed by atoms with E-state index in [2.05, 4.69) is 16.8 Å².